The highest BCUT2D eigenvalue weighted by atomic mass is 32.2. The fraction of sp³-hybridized carbons (Fsp3) is 0.250. The summed E-state index contributed by atoms with van der Waals surface area (Å²) in [7, 11) is -3.31. The van der Waals surface area contributed by atoms with Crippen molar-refractivity contribution in [3.05, 3.63) is 54.0 Å². The summed E-state index contributed by atoms with van der Waals surface area (Å²) in [5, 5.41) is 5.81. The minimum Gasteiger partial charge on any atom is -0.467 e. The van der Waals surface area contributed by atoms with E-state index in [9.17, 15) is 13.2 Å². The van der Waals surface area contributed by atoms with E-state index in [4.69, 9.17) is 4.42 Å². The maximum absolute atomic E-state index is 11.8. The molecule has 1 N–H and O–H groups in total. The predicted molar refractivity (Wildman–Crippen MR) is 90.0 cm³/mol. The van der Waals surface area contributed by atoms with Crippen molar-refractivity contribution in [1.82, 2.24) is 5.01 Å². The second-order valence-electron chi connectivity index (χ2n) is 5.60. The van der Waals surface area contributed by atoms with Crippen molar-refractivity contribution >= 4 is 27.3 Å². The van der Waals surface area contributed by atoms with E-state index in [1.165, 1.54) is 11.9 Å². The number of hydrazone groups is 1. The molecule has 7 nitrogen and oxygen atoms in total. The standard InChI is InChI=1S/C16H17N3O4S/c1-11(20)19-15(16-4-3-9-23-16)10-14(17-19)12-5-7-13(8-6-12)18-24(2,21)22/h3-9,15,18H,10H2,1-2H3. The lowest BCUT2D eigenvalue weighted by molar-refractivity contribution is -0.130. The van der Waals surface area contributed by atoms with Crippen molar-refractivity contribution in [3.63, 3.8) is 0 Å². The monoisotopic (exact) mass is 347 g/mol. The summed E-state index contributed by atoms with van der Waals surface area (Å²) in [6.07, 6.45) is 3.20. The zero-order valence-electron chi connectivity index (χ0n) is 13.3. The second kappa shape index (κ2) is 6.12. The third kappa shape index (κ3) is 3.48. The Bertz CT molecular complexity index is 871. The van der Waals surface area contributed by atoms with Gasteiger partial charge in [0.2, 0.25) is 15.9 Å². The van der Waals surface area contributed by atoms with Crippen LogP contribution in [0.25, 0.3) is 0 Å². The Morgan fingerprint density at radius 2 is 2.00 bits per heavy atom. The first kappa shape index (κ1) is 16.3. The van der Waals surface area contributed by atoms with E-state index in [-0.39, 0.29) is 11.9 Å². The number of rotatable bonds is 4. The molecule has 2 aromatic rings. The van der Waals surface area contributed by atoms with Crippen LogP contribution < -0.4 is 4.72 Å². The molecule has 1 unspecified atom stereocenters. The van der Waals surface area contributed by atoms with E-state index in [1.807, 2.05) is 6.07 Å². The van der Waals surface area contributed by atoms with Crippen LogP contribution in [0.5, 0.6) is 0 Å². The minimum atomic E-state index is -3.31. The molecule has 1 aliphatic rings. The summed E-state index contributed by atoms with van der Waals surface area (Å²) in [4.78, 5) is 11.8. The molecule has 1 atom stereocenters. The van der Waals surface area contributed by atoms with Crippen LogP contribution in [0.3, 0.4) is 0 Å². The highest BCUT2D eigenvalue weighted by molar-refractivity contribution is 7.92. The van der Waals surface area contributed by atoms with Crippen LogP contribution in [-0.2, 0) is 14.8 Å². The topological polar surface area (TPSA) is 92.0 Å². The second-order valence-corrected chi connectivity index (χ2v) is 7.35. The van der Waals surface area contributed by atoms with Gasteiger partial charge in [-0.2, -0.15) is 5.10 Å². The Kier molecular flexibility index (Phi) is 4.15. The molecule has 1 amide bonds. The number of sulfonamides is 1. The summed E-state index contributed by atoms with van der Waals surface area (Å²) in [5.41, 5.74) is 2.05. The molecule has 3 rings (SSSR count). The molecule has 0 spiro atoms. The number of nitrogens with zero attached hydrogens (tertiary/aromatic N) is 2. The van der Waals surface area contributed by atoms with E-state index in [0.717, 1.165) is 17.5 Å². The van der Waals surface area contributed by atoms with Crippen molar-refractivity contribution in [1.29, 1.82) is 0 Å². The summed E-state index contributed by atoms with van der Waals surface area (Å²) in [6.45, 7) is 1.46. The number of carbonyl (C=O) groups excluding carboxylic acids is 1. The molecule has 0 fully saturated rings. The summed E-state index contributed by atoms with van der Waals surface area (Å²) in [6, 6.07) is 10.2. The molecule has 126 valence electrons. The van der Waals surface area contributed by atoms with E-state index in [0.29, 0.717) is 17.9 Å². The lowest BCUT2D eigenvalue weighted by Gasteiger charge is -2.17. The molecule has 0 saturated heterocycles. The van der Waals surface area contributed by atoms with Crippen LogP contribution in [0.4, 0.5) is 5.69 Å². The summed E-state index contributed by atoms with van der Waals surface area (Å²) < 4.78 is 30.3. The van der Waals surface area contributed by atoms with E-state index in [1.54, 1.807) is 36.6 Å². The first-order chi connectivity index (χ1) is 11.3. The van der Waals surface area contributed by atoms with Crippen LogP contribution in [0.15, 0.2) is 52.2 Å². The van der Waals surface area contributed by atoms with E-state index in [2.05, 4.69) is 9.82 Å². The van der Waals surface area contributed by atoms with Crippen LogP contribution in [-0.4, -0.2) is 31.3 Å². The number of carbonyl (C=O) groups is 1. The molecule has 1 aromatic carbocycles. The van der Waals surface area contributed by atoms with Crippen molar-refractivity contribution in [2.24, 2.45) is 5.10 Å². The number of amides is 1. The van der Waals surface area contributed by atoms with Gasteiger partial charge >= 0.3 is 0 Å². The van der Waals surface area contributed by atoms with Crippen molar-refractivity contribution < 1.29 is 17.6 Å². The van der Waals surface area contributed by atoms with Crippen LogP contribution in [0, 0.1) is 0 Å². The molecule has 0 radical (unpaired) electrons. The number of hydrogen-bond donors (Lipinski definition) is 1. The Morgan fingerprint density at radius 3 is 2.54 bits per heavy atom. The number of anilines is 1. The van der Waals surface area contributed by atoms with Gasteiger partial charge in [0.25, 0.3) is 0 Å². The molecule has 24 heavy (non-hydrogen) atoms. The number of furan rings is 1. The number of nitrogens with one attached hydrogen (secondary N) is 1. The number of benzene rings is 1. The molecule has 1 aliphatic heterocycles. The van der Waals surface area contributed by atoms with Gasteiger partial charge < -0.3 is 4.42 Å². The van der Waals surface area contributed by atoms with Gasteiger partial charge in [0.15, 0.2) is 0 Å². The normalized spacial score (nSPS) is 17.7. The summed E-state index contributed by atoms with van der Waals surface area (Å²) >= 11 is 0. The molecular weight excluding hydrogens is 330 g/mol. The quantitative estimate of drug-likeness (QED) is 0.919. The Morgan fingerprint density at radius 1 is 1.29 bits per heavy atom. The van der Waals surface area contributed by atoms with E-state index >= 15 is 0 Å². The smallest absolute Gasteiger partial charge is 0.240 e. The van der Waals surface area contributed by atoms with Gasteiger partial charge in [-0.3, -0.25) is 9.52 Å². The first-order valence-corrected chi connectivity index (χ1v) is 9.21. The van der Waals surface area contributed by atoms with Gasteiger partial charge in [0.1, 0.15) is 11.8 Å². The average Bonchev–Trinajstić information content (AvgIpc) is 3.15. The highest BCUT2D eigenvalue weighted by Crippen LogP contribution is 2.33. The molecular formula is C16H17N3O4S. The molecule has 0 saturated carbocycles. The van der Waals surface area contributed by atoms with Crippen LogP contribution in [0.2, 0.25) is 0 Å². The van der Waals surface area contributed by atoms with Gasteiger partial charge in [-0.25, -0.2) is 13.4 Å². The van der Waals surface area contributed by atoms with Gasteiger partial charge in [0.05, 0.1) is 18.2 Å². The van der Waals surface area contributed by atoms with Crippen molar-refractivity contribution in [2.45, 2.75) is 19.4 Å². The fourth-order valence-corrected chi connectivity index (χ4v) is 3.19. The summed E-state index contributed by atoms with van der Waals surface area (Å²) in [5.74, 6) is 0.515. The van der Waals surface area contributed by atoms with Crippen LogP contribution in [0.1, 0.15) is 30.7 Å². The Balaban J connectivity index is 1.84. The van der Waals surface area contributed by atoms with Gasteiger partial charge in [-0.05, 0) is 29.8 Å². The fourth-order valence-electron chi connectivity index (χ4n) is 2.62. The zero-order valence-corrected chi connectivity index (χ0v) is 14.1. The van der Waals surface area contributed by atoms with E-state index < -0.39 is 10.0 Å². The maximum Gasteiger partial charge on any atom is 0.240 e. The third-order valence-electron chi connectivity index (χ3n) is 3.63. The molecule has 8 heteroatoms. The average molecular weight is 347 g/mol. The van der Waals surface area contributed by atoms with Gasteiger partial charge in [-0.1, -0.05) is 12.1 Å². The first-order valence-electron chi connectivity index (χ1n) is 7.32. The maximum atomic E-state index is 11.8. The van der Waals surface area contributed by atoms with Crippen LogP contribution >= 0.6 is 0 Å². The minimum absolute atomic E-state index is 0.165. The van der Waals surface area contributed by atoms with Crippen molar-refractivity contribution in [3.8, 4) is 0 Å². The zero-order chi connectivity index (χ0) is 17.3. The molecule has 0 bridgehead atoms. The molecule has 0 aliphatic carbocycles. The highest BCUT2D eigenvalue weighted by Gasteiger charge is 2.33. The molecule has 1 aromatic heterocycles. The Labute approximate surface area is 140 Å². The van der Waals surface area contributed by atoms with Crippen molar-refractivity contribution in [2.75, 3.05) is 11.0 Å². The third-order valence-corrected chi connectivity index (χ3v) is 4.23. The van der Waals surface area contributed by atoms with Gasteiger partial charge in [-0.15, -0.1) is 0 Å². The molecule has 2 heterocycles. The lowest BCUT2D eigenvalue weighted by atomic mass is 10.0. The largest absolute Gasteiger partial charge is 0.467 e. The Hall–Kier alpha value is -2.61. The van der Waals surface area contributed by atoms with Gasteiger partial charge in [0, 0.05) is 19.0 Å². The number of hydrogen-bond acceptors (Lipinski definition) is 5. The lowest BCUT2D eigenvalue weighted by Crippen LogP contribution is -2.23. The predicted octanol–water partition coefficient (Wildman–Crippen LogP) is 2.35. The SMILES string of the molecule is CC(=O)N1N=C(c2ccc(NS(C)(=O)=O)cc2)CC1c1ccco1.